The summed E-state index contributed by atoms with van der Waals surface area (Å²) in [5.41, 5.74) is 0. The van der Waals surface area contributed by atoms with Crippen molar-refractivity contribution in [3.63, 3.8) is 0 Å². The van der Waals surface area contributed by atoms with Gasteiger partial charge in [-0.25, -0.2) is 4.39 Å². The summed E-state index contributed by atoms with van der Waals surface area (Å²) in [4.78, 5) is 1.03. The van der Waals surface area contributed by atoms with E-state index >= 15 is 0 Å². The van der Waals surface area contributed by atoms with E-state index in [1.807, 2.05) is 6.07 Å². The van der Waals surface area contributed by atoms with Crippen LogP contribution in [-0.4, -0.2) is 18.3 Å². The summed E-state index contributed by atoms with van der Waals surface area (Å²) >= 11 is 1.74. The number of benzene rings is 1. The van der Waals surface area contributed by atoms with E-state index in [1.54, 1.807) is 23.9 Å². The highest BCUT2D eigenvalue weighted by atomic mass is 32.2. The van der Waals surface area contributed by atoms with E-state index < -0.39 is 0 Å². The Balaban J connectivity index is 2.02. The maximum absolute atomic E-state index is 12.7. The standard InChI is InChI=1S/C9H10FNS/c10-7-2-1-3-8(4-7)12-9-5-11-6-9/h1-4,9,11H,5-6H2. The van der Waals surface area contributed by atoms with Crippen LogP contribution in [0.2, 0.25) is 0 Å². The quantitative estimate of drug-likeness (QED) is 0.751. The number of thioether (sulfide) groups is 1. The van der Waals surface area contributed by atoms with Gasteiger partial charge in [-0.05, 0) is 18.2 Å². The molecule has 1 aliphatic heterocycles. The molecule has 1 fully saturated rings. The Morgan fingerprint density at radius 1 is 1.42 bits per heavy atom. The van der Waals surface area contributed by atoms with E-state index in [-0.39, 0.29) is 5.82 Å². The van der Waals surface area contributed by atoms with Crippen LogP contribution in [-0.2, 0) is 0 Å². The zero-order valence-electron chi connectivity index (χ0n) is 6.59. The average Bonchev–Trinajstić information content (AvgIpc) is 1.97. The van der Waals surface area contributed by atoms with E-state index in [9.17, 15) is 4.39 Å². The van der Waals surface area contributed by atoms with Crippen LogP contribution < -0.4 is 5.32 Å². The van der Waals surface area contributed by atoms with E-state index in [0.29, 0.717) is 5.25 Å². The minimum absolute atomic E-state index is 0.146. The number of hydrogen-bond acceptors (Lipinski definition) is 2. The molecule has 1 saturated heterocycles. The second-order valence-corrected chi connectivity index (χ2v) is 4.23. The molecule has 12 heavy (non-hydrogen) atoms. The molecule has 0 unspecified atom stereocenters. The molecule has 0 radical (unpaired) electrons. The third-order valence-electron chi connectivity index (χ3n) is 1.84. The lowest BCUT2D eigenvalue weighted by Gasteiger charge is -2.26. The van der Waals surface area contributed by atoms with Crippen LogP contribution in [0.4, 0.5) is 4.39 Å². The Labute approximate surface area is 75.4 Å². The van der Waals surface area contributed by atoms with Crippen molar-refractivity contribution in [2.45, 2.75) is 10.1 Å². The first kappa shape index (κ1) is 8.08. The minimum atomic E-state index is -0.146. The molecule has 1 heterocycles. The van der Waals surface area contributed by atoms with Gasteiger partial charge in [0.25, 0.3) is 0 Å². The fourth-order valence-corrected chi connectivity index (χ4v) is 2.20. The summed E-state index contributed by atoms with van der Waals surface area (Å²) < 4.78 is 12.7. The molecule has 1 N–H and O–H groups in total. The van der Waals surface area contributed by atoms with E-state index in [2.05, 4.69) is 5.32 Å². The molecule has 0 atom stereocenters. The van der Waals surface area contributed by atoms with Gasteiger partial charge in [0.1, 0.15) is 5.82 Å². The van der Waals surface area contributed by atoms with Gasteiger partial charge in [0.15, 0.2) is 0 Å². The van der Waals surface area contributed by atoms with Gasteiger partial charge in [-0.15, -0.1) is 11.8 Å². The molecule has 0 bridgehead atoms. The highest BCUT2D eigenvalue weighted by Crippen LogP contribution is 2.25. The third kappa shape index (κ3) is 1.79. The fourth-order valence-electron chi connectivity index (χ4n) is 1.08. The lowest BCUT2D eigenvalue weighted by Crippen LogP contribution is -2.44. The van der Waals surface area contributed by atoms with Gasteiger partial charge in [-0.2, -0.15) is 0 Å². The molecule has 1 aliphatic rings. The minimum Gasteiger partial charge on any atom is -0.314 e. The molecule has 0 spiro atoms. The molecule has 0 amide bonds. The van der Waals surface area contributed by atoms with Gasteiger partial charge in [0.05, 0.1) is 0 Å². The van der Waals surface area contributed by atoms with E-state index in [0.717, 1.165) is 18.0 Å². The van der Waals surface area contributed by atoms with Gasteiger partial charge in [-0.3, -0.25) is 0 Å². The maximum Gasteiger partial charge on any atom is 0.124 e. The van der Waals surface area contributed by atoms with E-state index in [4.69, 9.17) is 0 Å². The van der Waals surface area contributed by atoms with Crippen LogP contribution in [0.1, 0.15) is 0 Å². The first-order valence-electron chi connectivity index (χ1n) is 3.97. The molecule has 0 aliphatic carbocycles. The predicted octanol–water partition coefficient (Wildman–Crippen LogP) is 1.89. The summed E-state index contributed by atoms with van der Waals surface area (Å²) in [5.74, 6) is -0.146. The molecule has 1 aromatic rings. The lowest BCUT2D eigenvalue weighted by atomic mass is 10.3. The molecule has 0 aromatic heterocycles. The Kier molecular flexibility index (Phi) is 2.33. The van der Waals surface area contributed by atoms with Crippen molar-refractivity contribution in [3.05, 3.63) is 30.1 Å². The van der Waals surface area contributed by atoms with Crippen molar-refractivity contribution in [1.82, 2.24) is 5.32 Å². The van der Waals surface area contributed by atoms with Crippen molar-refractivity contribution in [3.8, 4) is 0 Å². The van der Waals surface area contributed by atoms with Gasteiger partial charge >= 0.3 is 0 Å². The summed E-state index contributed by atoms with van der Waals surface area (Å²) in [7, 11) is 0. The van der Waals surface area contributed by atoms with Gasteiger partial charge in [-0.1, -0.05) is 6.07 Å². The average molecular weight is 183 g/mol. The van der Waals surface area contributed by atoms with Crippen LogP contribution in [0.5, 0.6) is 0 Å². The largest absolute Gasteiger partial charge is 0.314 e. The monoisotopic (exact) mass is 183 g/mol. The normalized spacial score (nSPS) is 17.4. The topological polar surface area (TPSA) is 12.0 Å². The third-order valence-corrected chi connectivity index (χ3v) is 3.04. The molecule has 3 heteroatoms. The van der Waals surface area contributed by atoms with Gasteiger partial charge < -0.3 is 5.32 Å². The second kappa shape index (κ2) is 3.46. The predicted molar refractivity (Wildman–Crippen MR) is 48.9 cm³/mol. The van der Waals surface area contributed by atoms with Gasteiger partial charge in [0, 0.05) is 23.2 Å². The molecular formula is C9H10FNS. The van der Waals surface area contributed by atoms with Crippen LogP contribution in [0, 0.1) is 5.82 Å². The van der Waals surface area contributed by atoms with Crippen LogP contribution >= 0.6 is 11.8 Å². The van der Waals surface area contributed by atoms with E-state index in [1.165, 1.54) is 6.07 Å². The molecule has 0 saturated carbocycles. The summed E-state index contributed by atoms with van der Waals surface area (Å²) in [6, 6.07) is 6.77. The Hall–Kier alpha value is -0.540. The lowest BCUT2D eigenvalue weighted by molar-refractivity contribution is 0.543. The number of nitrogens with one attached hydrogen (secondary N) is 1. The van der Waals surface area contributed by atoms with Crippen molar-refractivity contribution >= 4 is 11.8 Å². The molecule has 2 rings (SSSR count). The second-order valence-electron chi connectivity index (χ2n) is 2.86. The maximum atomic E-state index is 12.7. The van der Waals surface area contributed by atoms with Gasteiger partial charge in [0.2, 0.25) is 0 Å². The Morgan fingerprint density at radius 2 is 2.25 bits per heavy atom. The molecule has 1 nitrogen and oxygen atoms in total. The highest BCUT2D eigenvalue weighted by Gasteiger charge is 2.17. The highest BCUT2D eigenvalue weighted by molar-refractivity contribution is 8.00. The van der Waals surface area contributed by atoms with Crippen molar-refractivity contribution < 1.29 is 4.39 Å². The number of halogens is 1. The summed E-state index contributed by atoms with van der Waals surface area (Å²) in [5, 5.41) is 3.81. The molecular weight excluding hydrogens is 173 g/mol. The summed E-state index contributed by atoms with van der Waals surface area (Å²) in [6.07, 6.45) is 0. The number of rotatable bonds is 2. The summed E-state index contributed by atoms with van der Waals surface area (Å²) in [6.45, 7) is 2.09. The SMILES string of the molecule is Fc1cccc(SC2CNC2)c1. The van der Waals surface area contributed by atoms with Crippen molar-refractivity contribution in [2.24, 2.45) is 0 Å². The Bertz CT molecular complexity index is 273. The number of hydrogen-bond donors (Lipinski definition) is 1. The van der Waals surface area contributed by atoms with Crippen molar-refractivity contribution in [1.29, 1.82) is 0 Å². The molecule has 1 aromatic carbocycles. The fraction of sp³-hybridized carbons (Fsp3) is 0.333. The van der Waals surface area contributed by atoms with Crippen LogP contribution in [0.3, 0.4) is 0 Å². The van der Waals surface area contributed by atoms with Crippen molar-refractivity contribution in [2.75, 3.05) is 13.1 Å². The molecule has 64 valence electrons. The first-order chi connectivity index (χ1) is 5.84. The smallest absolute Gasteiger partial charge is 0.124 e. The first-order valence-corrected chi connectivity index (χ1v) is 4.85. The zero-order valence-corrected chi connectivity index (χ0v) is 7.40. The van der Waals surface area contributed by atoms with Crippen LogP contribution in [0.25, 0.3) is 0 Å². The zero-order chi connectivity index (χ0) is 8.39. The van der Waals surface area contributed by atoms with Crippen LogP contribution in [0.15, 0.2) is 29.2 Å². The Morgan fingerprint density at radius 3 is 2.83 bits per heavy atom.